The number of aryl methyl sites for hydroxylation is 1. The van der Waals surface area contributed by atoms with E-state index in [1.54, 1.807) is 21.8 Å². The van der Waals surface area contributed by atoms with E-state index in [9.17, 15) is 9.59 Å². The largest absolute Gasteiger partial charge is 0.365 e. The van der Waals surface area contributed by atoms with Crippen LogP contribution in [-0.4, -0.2) is 62.5 Å². The van der Waals surface area contributed by atoms with Crippen LogP contribution < -0.4 is 5.32 Å². The molecular formula is C21H24N6O3. The highest BCUT2D eigenvalue weighted by molar-refractivity contribution is 5.96. The highest BCUT2D eigenvalue weighted by Crippen LogP contribution is 2.25. The number of H-pyrrole nitrogens is 1. The van der Waals surface area contributed by atoms with E-state index in [1.165, 1.54) is 0 Å². The van der Waals surface area contributed by atoms with Crippen LogP contribution in [0.25, 0.3) is 11.3 Å². The molecule has 30 heavy (non-hydrogen) atoms. The van der Waals surface area contributed by atoms with Crippen molar-refractivity contribution in [2.45, 2.75) is 26.5 Å². The van der Waals surface area contributed by atoms with E-state index in [2.05, 4.69) is 20.6 Å². The van der Waals surface area contributed by atoms with E-state index in [4.69, 9.17) is 4.74 Å². The minimum absolute atomic E-state index is 0.165. The molecule has 1 aliphatic rings. The summed E-state index contributed by atoms with van der Waals surface area (Å²) >= 11 is 0. The Bertz CT molecular complexity index is 1040. The number of anilines is 1. The van der Waals surface area contributed by atoms with Crippen LogP contribution in [-0.2, 0) is 16.1 Å². The van der Waals surface area contributed by atoms with Crippen LogP contribution in [0.1, 0.15) is 23.0 Å². The summed E-state index contributed by atoms with van der Waals surface area (Å²) in [7, 11) is 0. The summed E-state index contributed by atoms with van der Waals surface area (Å²) in [6.45, 7) is 5.40. The van der Waals surface area contributed by atoms with Crippen molar-refractivity contribution in [3.8, 4) is 11.3 Å². The average molecular weight is 408 g/mol. The first-order valence-electron chi connectivity index (χ1n) is 9.92. The van der Waals surface area contributed by atoms with Crippen LogP contribution in [0.4, 0.5) is 5.82 Å². The number of hydrogen-bond acceptors (Lipinski definition) is 5. The standard InChI is InChI=1S/C21H24N6O3/c1-3-27-10-9-16(25-27)21(29)26-11-12-30-17(13-26)20(28)22-19-14(2)18(23-24-19)15-7-5-4-6-8-15/h4-10,17H,3,11-13H2,1-2H3,(H2,22,23,24,28). The summed E-state index contributed by atoms with van der Waals surface area (Å²) in [4.78, 5) is 27.1. The Morgan fingerprint density at radius 1 is 1.27 bits per heavy atom. The second-order valence-corrected chi connectivity index (χ2v) is 7.09. The number of rotatable bonds is 5. The minimum atomic E-state index is -0.771. The van der Waals surface area contributed by atoms with E-state index in [-0.39, 0.29) is 25.0 Å². The van der Waals surface area contributed by atoms with Crippen LogP contribution in [0.5, 0.6) is 0 Å². The van der Waals surface area contributed by atoms with Crippen molar-refractivity contribution < 1.29 is 14.3 Å². The third-order valence-corrected chi connectivity index (χ3v) is 5.14. The fraction of sp³-hybridized carbons (Fsp3) is 0.333. The molecule has 1 fully saturated rings. The van der Waals surface area contributed by atoms with Crippen molar-refractivity contribution >= 4 is 17.6 Å². The summed E-state index contributed by atoms with van der Waals surface area (Å²) in [6, 6.07) is 11.5. The highest BCUT2D eigenvalue weighted by Gasteiger charge is 2.31. The molecule has 9 heteroatoms. The van der Waals surface area contributed by atoms with Gasteiger partial charge in [0, 0.05) is 24.8 Å². The van der Waals surface area contributed by atoms with Crippen molar-refractivity contribution in [1.82, 2.24) is 24.9 Å². The third-order valence-electron chi connectivity index (χ3n) is 5.14. The number of morpholine rings is 1. The normalized spacial score (nSPS) is 16.5. The van der Waals surface area contributed by atoms with Crippen LogP contribution in [0.2, 0.25) is 0 Å². The molecular weight excluding hydrogens is 384 g/mol. The lowest BCUT2D eigenvalue weighted by molar-refractivity contribution is -0.131. The lowest BCUT2D eigenvalue weighted by Crippen LogP contribution is -2.50. The molecule has 1 saturated heterocycles. The van der Waals surface area contributed by atoms with Crippen molar-refractivity contribution in [2.75, 3.05) is 25.0 Å². The van der Waals surface area contributed by atoms with Crippen molar-refractivity contribution in [3.63, 3.8) is 0 Å². The van der Waals surface area contributed by atoms with E-state index >= 15 is 0 Å². The lowest BCUT2D eigenvalue weighted by Gasteiger charge is -2.31. The fourth-order valence-electron chi connectivity index (χ4n) is 3.41. The summed E-state index contributed by atoms with van der Waals surface area (Å²) in [5.41, 5.74) is 3.04. The first-order valence-corrected chi connectivity index (χ1v) is 9.92. The number of amides is 2. The number of aromatic amines is 1. The van der Waals surface area contributed by atoms with Gasteiger partial charge in [-0.05, 0) is 25.5 Å². The summed E-state index contributed by atoms with van der Waals surface area (Å²) in [5.74, 6) is -0.0843. The number of nitrogens with zero attached hydrogens (tertiary/aromatic N) is 4. The Morgan fingerprint density at radius 2 is 2.07 bits per heavy atom. The Hall–Kier alpha value is -3.46. The van der Waals surface area contributed by atoms with Gasteiger partial charge in [0.15, 0.2) is 11.9 Å². The first-order chi connectivity index (χ1) is 14.6. The van der Waals surface area contributed by atoms with Gasteiger partial charge in [0.05, 0.1) is 18.8 Å². The molecule has 0 bridgehead atoms. The van der Waals surface area contributed by atoms with Crippen molar-refractivity contribution in [3.05, 3.63) is 53.9 Å². The Kier molecular flexibility index (Phi) is 5.62. The number of hydrogen-bond donors (Lipinski definition) is 2. The molecule has 1 atom stereocenters. The SMILES string of the molecule is CCn1ccc(C(=O)N2CCOC(C(=O)Nc3n[nH]c(-c4ccccc4)c3C)C2)n1. The molecule has 1 aromatic carbocycles. The maximum atomic E-state index is 12.8. The second-order valence-electron chi connectivity index (χ2n) is 7.09. The Morgan fingerprint density at radius 3 is 2.80 bits per heavy atom. The van der Waals surface area contributed by atoms with Gasteiger partial charge in [0.25, 0.3) is 11.8 Å². The Balaban J connectivity index is 1.42. The number of carbonyl (C=O) groups excluding carboxylic acids is 2. The molecule has 156 valence electrons. The molecule has 3 heterocycles. The zero-order valence-electron chi connectivity index (χ0n) is 17.0. The van der Waals surface area contributed by atoms with Crippen LogP contribution >= 0.6 is 0 Å². The summed E-state index contributed by atoms with van der Waals surface area (Å²) < 4.78 is 7.31. The van der Waals surface area contributed by atoms with Gasteiger partial charge in [-0.3, -0.25) is 19.4 Å². The molecule has 1 unspecified atom stereocenters. The number of nitrogens with one attached hydrogen (secondary N) is 2. The quantitative estimate of drug-likeness (QED) is 0.673. The van der Waals surface area contributed by atoms with Gasteiger partial charge in [-0.15, -0.1) is 0 Å². The molecule has 4 rings (SSSR count). The Labute approximate surface area is 174 Å². The molecule has 1 aliphatic heterocycles. The average Bonchev–Trinajstić information content (AvgIpc) is 3.41. The predicted molar refractivity (Wildman–Crippen MR) is 111 cm³/mol. The number of benzene rings is 1. The maximum Gasteiger partial charge on any atom is 0.274 e. The number of aromatic nitrogens is 4. The number of carbonyl (C=O) groups is 2. The van der Waals surface area contributed by atoms with Crippen LogP contribution in [0.3, 0.4) is 0 Å². The van der Waals surface area contributed by atoms with E-state index in [0.29, 0.717) is 24.6 Å². The molecule has 9 nitrogen and oxygen atoms in total. The van der Waals surface area contributed by atoms with Crippen LogP contribution in [0.15, 0.2) is 42.6 Å². The molecule has 0 saturated carbocycles. The van der Waals surface area contributed by atoms with Gasteiger partial charge in [-0.25, -0.2) is 0 Å². The van der Waals surface area contributed by atoms with Crippen molar-refractivity contribution in [2.24, 2.45) is 0 Å². The van der Waals surface area contributed by atoms with Gasteiger partial charge in [0.1, 0.15) is 5.69 Å². The smallest absolute Gasteiger partial charge is 0.274 e. The van der Waals surface area contributed by atoms with Gasteiger partial charge in [-0.2, -0.15) is 10.2 Å². The molecule has 2 amide bonds. The molecule has 2 aromatic heterocycles. The molecule has 3 aromatic rings. The third kappa shape index (κ3) is 3.97. The van der Waals surface area contributed by atoms with Gasteiger partial charge < -0.3 is 15.0 Å². The minimum Gasteiger partial charge on any atom is -0.365 e. The molecule has 0 spiro atoms. The van der Waals surface area contributed by atoms with Crippen LogP contribution in [0, 0.1) is 6.92 Å². The van der Waals surface area contributed by atoms with E-state index in [1.807, 2.05) is 44.2 Å². The number of ether oxygens (including phenoxy) is 1. The lowest BCUT2D eigenvalue weighted by atomic mass is 10.1. The van der Waals surface area contributed by atoms with Gasteiger partial charge in [0.2, 0.25) is 0 Å². The zero-order chi connectivity index (χ0) is 21.1. The molecule has 0 aliphatic carbocycles. The van der Waals surface area contributed by atoms with Gasteiger partial charge in [-0.1, -0.05) is 30.3 Å². The van der Waals surface area contributed by atoms with Gasteiger partial charge >= 0.3 is 0 Å². The molecule has 0 radical (unpaired) electrons. The topological polar surface area (TPSA) is 105 Å². The second kappa shape index (κ2) is 8.50. The van der Waals surface area contributed by atoms with Crippen molar-refractivity contribution in [1.29, 1.82) is 0 Å². The fourth-order valence-corrected chi connectivity index (χ4v) is 3.41. The predicted octanol–water partition coefficient (Wildman–Crippen LogP) is 2.08. The monoisotopic (exact) mass is 408 g/mol. The van der Waals surface area contributed by atoms with E-state index < -0.39 is 6.10 Å². The maximum absolute atomic E-state index is 12.8. The van der Waals surface area contributed by atoms with E-state index in [0.717, 1.165) is 16.8 Å². The highest BCUT2D eigenvalue weighted by atomic mass is 16.5. The zero-order valence-corrected chi connectivity index (χ0v) is 17.0. The molecule has 2 N–H and O–H groups in total. The summed E-state index contributed by atoms with van der Waals surface area (Å²) in [5, 5.41) is 14.3. The first kappa shape index (κ1) is 19.8. The summed E-state index contributed by atoms with van der Waals surface area (Å²) in [6.07, 6.45) is 0.995.